The second-order valence-corrected chi connectivity index (χ2v) is 8.18. The van der Waals surface area contributed by atoms with Gasteiger partial charge in [-0.15, -0.1) is 11.3 Å². The number of rotatable bonds is 5. The van der Waals surface area contributed by atoms with Crippen LogP contribution in [0.25, 0.3) is 16.1 Å². The zero-order valence-corrected chi connectivity index (χ0v) is 16.5. The lowest BCUT2D eigenvalue weighted by molar-refractivity contribution is 0.0961. The number of ketones is 1. The number of hydrogen-bond donors (Lipinski definition) is 0. The molecule has 4 heterocycles. The molecule has 3 aromatic heterocycles. The Hall–Kier alpha value is -3.06. The van der Waals surface area contributed by atoms with Crippen LogP contribution in [-0.4, -0.2) is 33.2 Å². The summed E-state index contributed by atoms with van der Waals surface area (Å²) in [6, 6.07) is 10.3. The molecule has 0 spiro atoms. The minimum absolute atomic E-state index is 0.0651. The fourth-order valence-corrected chi connectivity index (χ4v) is 4.71. The highest BCUT2D eigenvalue weighted by Crippen LogP contribution is 2.29. The Morgan fingerprint density at radius 1 is 1.21 bits per heavy atom. The second-order valence-electron chi connectivity index (χ2n) is 7.32. The molecule has 1 saturated heterocycles. The van der Waals surface area contributed by atoms with Crippen molar-refractivity contribution in [3.8, 4) is 10.6 Å². The number of thiazole rings is 1. The van der Waals surface area contributed by atoms with Gasteiger partial charge in [-0.3, -0.25) is 4.79 Å². The Morgan fingerprint density at radius 2 is 2.07 bits per heavy atom. The zero-order chi connectivity index (χ0) is 19.8. The van der Waals surface area contributed by atoms with Crippen molar-refractivity contribution in [1.29, 1.82) is 0 Å². The first kappa shape index (κ1) is 18.0. The number of fused-ring (bicyclic) bond motifs is 1. The largest absolute Gasteiger partial charge is 0.355 e. The van der Waals surface area contributed by atoms with Gasteiger partial charge in [0.05, 0.1) is 5.52 Å². The van der Waals surface area contributed by atoms with Crippen molar-refractivity contribution in [3.63, 3.8) is 0 Å². The highest BCUT2D eigenvalue weighted by Gasteiger charge is 2.27. The average Bonchev–Trinajstić information content (AvgIpc) is 3.48. The van der Waals surface area contributed by atoms with Crippen molar-refractivity contribution < 1.29 is 9.18 Å². The van der Waals surface area contributed by atoms with Crippen molar-refractivity contribution >= 4 is 28.5 Å². The SMILES string of the molecule is O=C(C[C@H]1CCN(c2nccn3cccc23)C1)c1csc(-c2ccc(F)cc2)n1. The molecule has 5 rings (SSSR count). The zero-order valence-electron chi connectivity index (χ0n) is 15.7. The van der Waals surface area contributed by atoms with E-state index in [4.69, 9.17) is 0 Å². The van der Waals surface area contributed by atoms with Crippen molar-refractivity contribution in [2.24, 2.45) is 5.92 Å². The Balaban J connectivity index is 1.26. The van der Waals surface area contributed by atoms with E-state index in [2.05, 4.69) is 25.3 Å². The number of carbonyl (C=O) groups is 1. The summed E-state index contributed by atoms with van der Waals surface area (Å²) in [5.74, 6) is 1.04. The number of nitrogens with zero attached hydrogens (tertiary/aromatic N) is 4. The summed E-state index contributed by atoms with van der Waals surface area (Å²) in [7, 11) is 0. The van der Waals surface area contributed by atoms with Crippen LogP contribution in [0.5, 0.6) is 0 Å². The number of Topliss-reactive ketones (excluding diaryl/α,β-unsaturated/α-hetero) is 1. The van der Waals surface area contributed by atoms with Gasteiger partial charge in [0.2, 0.25) is 0 Å². The van der Waals surface area contributed by atoms with Gasteiger partial charge in [-0.1, -0.05) is 0 Å². The Kier molecular flexibility index (Phi) is 4.60. The summed E-state index contributed by atoms with van der Waals surface area (Å²) < 4.78 is 15.2. The Morgan fingerprint density at radius 3 is 2.93 bits per heavy atom. The molecule has 5 nitrogen and oxygen atoms in total. The van der Waals surface area contributed by atoms with Crippen LogP contribution in [0.4, 0.5) is 10.2 Å². The van der Waals surface area contributed by atoms with Crippen molar-refractivity contribution in [1.82, 2.24) is 14.4 Å². The molecule has 1 aromatic carbocycles. The fraction of sp³-hybridized carbons (Fsp3) is 0.227. The van der Waals surface area contributed by atoms with Gasteiger partial charge in [-0.25, -0.2) is 14.4 Å². The molecule has 1 fully saturated rings. The molecule has 0 amide bonds. The molecular weight excluding hydrogens is 387 g/mol. The second kappa shape index (κ2) is 7.40. The third kappa shape index (κ3) is 3.53. The van der Waals surface area contributed by atoms with Crippen LogP contribution >= 0.6 is 11.3 Å². The van der Waals surface area contributed by atoms with Gasteiger partial charge in [-0.2, -0.15) is 0 Å². The standard InChI is InChI=1S/C22H19FN4OS/c23-17-5-3-16(4-6-17)22-25-18(14-29-22)20(28)12-15-7-10-27(13-15)21-19-2-1-9-26(19)11-8-24-21/h1-6,8-9,11,14-15H,7,10,12-13H2/t15-/m1/s1. The van der Waals surface area contributed by atoms with Gasteiger partial charge in [0.15, 0.2) is 11.6 Å². The fourth-order valence-electron chi connectivity index (χ4n) is 3.88. The van der Waals surface area contributed by atoms with E-state index in [-0.39, 0.29) is 17.5 Å². The van der Waals surface area contributed by atoms with E-state index in [1.54, 1.807) is 17.5 Å². The maximum absolute atomic E-state index is 13.1. The lowest BCUT2D eigenvalue weighted by atomic mass is 10.0. The monoisotopic (exact) mass is 406 g/mol. The average molecular weight is 406 g/mol. The summed E-state index contributed by atoms with van der Waals surface area (Å²) in [6.07, 6.45) is 7.21. The molecule has 0 aliphatic carbocycles. The molecule has 1 aliphatic heterocycles. The van der Waals surface area contributed by atoms with E-state index in [0.717, 1.165) is 41.4 Å². The van der Waals surface area contributed by atoms with E-state index >= 15 is 0 Å². The molecule has 1 aliphatic rings. The van der Waals surface area contributed by atoms with Crippen LogP contribution in [0.1, 0.15) is 23.3 Å². The predicted octanol–water partition coefficient (Wildman–Crippen LogP) is 4.70. The lowest BCUT2D eigenvalue weighted by Gasteiger charge is -2.18. The minimum Gasteiger partial charge on any atom is -0.355 e. The smallest absolute Gasteiger partial charge is 0.182 e. The van der Waals surface area contributed by atoms with E-state index in [1.165, 1.54) is 23.5 Å². The molecule has 0 bridgehead atoms. The summed E-state index contributed by atoms with van der Waals surface area (Å²) in [5, 5.41) is 2.54. The van der Waals surface area contributed by atoms with Crippen LogP contribution < -0.4 is 4.90 Å². The number of hydrogen-bond acceptors (Lipinski definition) is 5. The van der Waals surface area contributed by atoms with Crippen molar-refractivity contribution in [3.05, 3.63) is 71.9 Å². The first-order valence-corrected chi connectivity index (χ1v) is 10.5. The molecule has 1 atom stereocenters. The molecule has 4 aromatic rings. The summed E-state index contributed by atoms with van der Waals surface area (Å²) in [4.78, 5) is 24.1. The number of aromatic nitrogens is 3. The predicted molar refractivity (Wildman–Crippen MR) is 112 cm³/mol. The third-order valence-corrected chi connectivity index (χ3v) is 6.26. The van der Waals surface area contributed by atoms with Gasteiger partial charge in [0.1, 0.15) is 16.5 Å². The first-order chi connectivity index (χ1) is 14.2. The van der Waals surface area contributed by atoms with Crippen LogP contribution in [0.15, 0.2) is 60.4 Å². The Bertz CT molecular complexity index is 1170. The van der Waals surface area contributed by atoms with Gasteiger partial charge in [-0.05, 0) is 48.7 Å². The molecule has 29 heavy (non-hydrogen) atoms. The van der Waals surface area contributed by atoms with E-state index in [9.17, 15) is 9.18 Å². The van der Waals surface area contributed by atoms with E-state index in [1.807, 2.05) is 24.7 Å². The van der Waals surface area contributed by atoms with Crippen molar-refractivity contribution in [2.75, 3.05) is 18.0 Å². The summed E-state index contributed by atoms with van der Waals surface area (Å²) in [5.41, 5.74) is 2.41. The number of halogens is 1. The molecular formula is C22H19FN4OS. The molecule has 0 unspecified atom stereocenters. The van der Waals surface area contributed by atoms with E-state index in [0.29, 0.717) is 12.1 Å². The van der Waals surface area contributed by atoms with Crippen LogP contribution in [0, 0.1) is 11.7 Å². The quantitative estimate of drug-likeness (QED) is 0.451. The van der Waals surface area contributed by atoms with Gasteiger partial charge < -0.3 is 9.30 Å². The highest BCUT2D eigenvalue weighted by atomic mass is 32.1. The molecule has 146 valence electrons. The first-order valence-electron chi connectivity index (χ1n) is 9.59. The Labute approximate surface area is 171 Å². The number of benzene rings is 1. The maximum atomic E-state index is 13.1. The maximum Gasteiger partial charge on any atom is 0.182 e. The topological polar surface area (TPSA) is 50.5 Å². The molecule has 7 heteroatoms. The number of carbonyl (C=O) groups excluding carboxylic acids is 1. The van der Waals surface area contributed by atoms with E-state index < -0.39 is 0 Å². The van der Waals surface area contributed by atoms with Crippen LogP contribution in [0.3, 0.4) is 0 Å². The van der Waals surface area contributed by atoms with Crippen molar-refractivity contribution in [2.45, 2.75) is 12.8 Å². The summed E-state index contributed by atoms with van der Waals surface area (Å²) >= 11 is 1.42. The van der Waals surface area contributed by atoms with Gasteiger partial charge in [0.25, 0.3) is 0 Å². The summed E-state index contributed by atoms with van der Waals surface area (Å²) in [6.45, 7) is 1.71. The molecule has 0 N–H and O–H groups in total. The molecule has 0 saturated carbocycles. The van der Waals surface area contributed by atoms with Crippen LogP contribution in [-0.2, 0) is 0 Å². The van der Waals surface area contributed by atoms with Gasteiger partial charge in [0, 0.05) is 49.0 Å². The van der Waals surface area contributed by atoms with Gasteiger partial charge >= 0.3 is 0 Å². The highest BCUT2D eigenvalue weighted by molar-refractivity contribution is 7.13. The van der Waals surface area contributed by atoms with Crippen LogP contribution in [0.2, 0.25) is 0 Å². The number of anilines is 1. The minimum atomic E-state index is -0.280. The lowest BCUT2D eigenvalue weighted by Crippen LogP contribution is -2.22. The third-order valence-electron chi connectivity index (χ3n) is 5.37. The molecule has 0 radical (unpaired) electrons. The normalized spacial score (nSPS) is 16.6.